The summed E-state index contributed by atoms with van der Waals surface area (Å²) < 4.78 is 0. The highest BCUT2D eigenvalue weighted by molar-refractivity contribution is 5.99. The van der Waals surface area contributed by atoms with Crippen LogP contribution in [0.5, 0.6) is 0 Å². The fourth-order valence-corrected chi connectivity index (χ4v) is 9.66. The molecule has 0 aromatic heterocycles. The molecule has 0 saturated carbocycles. The Morgan fingerprint density at radius 3 is 1.14 bits per heavy atom. The van der Waals surface area contributed by atoms with Crippen LogP contribution in [0.4, 0.5) is 0 Å². The number of hydrogen-bond acceptors (Lipinski definition) is 11. The molecule has 3 saturated heterocycles. The molecule has 3 fully saturated rings. The van der Waals surface area contributed by atoms with Gasteiger partial charge < -0.3 is 57.9 Å². The Kier molecular flexibility index (Phi) is 23.0. The Labute approximate surface area is 413 Å². The number of primary amides is 1. The third kappa shape index (κ3) is 17.5. The number of carboxylic acids is 1. The highest BCUT2D eigenvalue weighted by atomic mass is 16.4. The van der Waals surface area contributed by atoms with Crippen LogP contribution in [0.3, 0.4) is 0 Å². The minimum Gasteiger partial charge on any atom is -0.480 e. The minimum atomic E-state index is -1.56. The van der Waals surface area contributed by atoms with Gasteiger partial charge in [0.05, 0.1) is 12.5 Å². The average molecular weight is 989 g/mol. The van der Waals surface area contributed by atoms with Crippen molar-refractivity contribution in [3.63, 3.8) is 0 Å². The summed E-state index contributed by atoms with van der Waals surface area (Å²) in [6.45, 7) is 19.4. The standard InChI is InChI=1S/C49H84N10O11/c1-26(2)20-31(50)41(61)52-32(21-27(3)4)42(62)54-34(22-28(5)6)46(66)57-17-11-14-37(57)44(64)53-33(25-40(51)60)43(63)55-35(23-29(7)8)47(67)58-18-12-15-38(58)45(65)56-36(24-30(9)10)48(68)59-19-13-16-39(59)49(69)70/h26-39H,11-25,50H2,1-10H3,(H2,51,60)(H,52,61)(H,53,64)(H,54,62)(H,55,63)(H,56,65)(H,69,70)/t31-,32-,33-,34-,35-,36-,37-,38-,39-/m0/s1. The fourth-order valence-electron chi connectivity index (χ4n) is 9.66. The van der Waals surface area contributed by atoms with Gasteiger partial charge in [-0.25, -0.2) is 4.79 Å². The van der Waals surface area contributed by atoms with Crippen LogP contribution in [0, 0.1) is 29.6 Å². The summed E-state index contributed by atoms with van der Waals surface area (Å²) in [5.41, 5.74) is 11.7. The number of likely N-dealkylation sites (tertiary alicyclic amines) is 3. The molecule has 3 aliphatic rings. The number of carboxylic acid groups (broad SMARTS) is 1. The lowest BCUT2D eigenvalue weighted by molar-refractivity contribution is -0.150. The molecule has 0 bridgehead atoms. The van der Waals surface area contributed by atoms with Crippen molar-refractivity contribution in [1.82, 2.24) is 41.3 Å². The first-order chi connectivity index (χ1) is 32.7. The van der Waals surface area contributed by atoms with E-state index in [0.717, 1.165) is 0 Å². The molecule has 0 radical (unpaired) electrons. The Morgan fingerprint density at radius 1 is 0.457 bits per heavy atom. The van der Waals surface area contributed by atoms with Crippen molar-refractivity contribution in [3.8, 4) is 0 Å². The molecule has 0 aliphatic carbocycles. The SMILES string of the molecule is CC(C)C[C@H](NC(=O)[C@@H](N)CC(C)C)C(=O)N[C@@H](CC(C)C)C(=O)N1CCC[C@H]1C(=O)N[C@@H](CC(N)=O)C(=O)N[C@@H](CC(C)C)C(=O)N1CCC[C@H]1C(=O)N[C@@H](CC(C)C)C(=O)N1CCC[C@H]1C(=O)O. The first-order valence-corrected chi connectivity index (χ1v) is 25.4. The molecule has 0 unspecified atom stereocenters. The van der Waals surface area contributed by atoms with Crippen molar-refractivity contribution in [3.05, 3.63) is 0 Å². The normalized spacial score (nSPS) is 20.8. The van der Waals surface area contributed by atoms with Gasteiger partial charge in [0.2, 0.25) is 53.2 Å². The number of aliphatic carboxylic acids is 1. The number of nitrogens with two attached hydrogens (primary N) is 2. The van der Waals surface area contributed by atoms with Gasteiger partial charge in [0.15, 0.2) is 0 Å². The number of nitrogens with one attached hydrogen (secondary N) is 5. The van der Waals surface area contributed by atoms with E-state index in [0.29, 0.717) is 32.1 Å². The van der Waals surface area contributed by atoms with E-state index >= 15 is 0 Å². The van der Waals surface area contributed by atoms with E-state index in [9.17, 15) is 53.1 Å². The topological polar surface area (TPSA) is 313 Å². The third-order valence-electron chi connectivity index (χ3n) is 12.9. The molecule has 396 valence electrons. The zero-order valence-corrected chi connectivity index (χ0v) is 43.2. The highest BCUT2D eigenvalue weighted by Gasteiger charge is 2.44. The van der Waals surface area contributed by atoms with E-state index in [1.807, 2.05) is 69.2 Å². The summed E-state index contributed by atoms with van der Waals surface area (Å²) in [6, 6.07) is -9.76. The lowest BCUT2D eigenvalue weighted by Gasteiger charge is -2.33. The molecule has 0 aromatic rings. The Morgan fingerprint density at radius 2 is 0.771 bits per heavy atom. The van der Waals surface area contributed by atoms with Gasteiger partial charge in [0, 0.05) is 19.6 Å². The van der Waals surface area contributed by atoms with Crippen LogP contribution in [-0.4, -0.2) is 153 Å². The summed E-state index contributed by atoms with van der Waals surface area (Å²) in [5, 5.41) is 23.5. The summed E-state index contributed by atoms with van der Waals surface area (Å²) >= 11 is 0. The second kappa shape index (κ2) is 27.3. The summed E-state index contributed by atoms with van der Waals surface area (Å²) in [5.74, 6) is -7.05. The molecular formula is C49H84N10O11. The van der Waals surface area contributed by atoms with Crippen LogP contribution in [0.25, 0.3) is 0 Å². The average Bonchev–Trinajstić information content (AvgIpc) is 4.05. The summed E-state index contributed by atoms with van der Waals surface area (Å²) in [6.07, 6.45) is 2.78. The molecule has 3 heterocycles. The number of hydrogen-bond donors (Lipinski definition) is 8. The number of amides is 9. The number of nitrogens with zero attached hydrogens (tertiary/aromatic N) is 3. The molecular weight excluding hydrogens is 905 g/mol. The largest absolute Gasteiger partial charge is 0.480 e. The Balaban J connectivity index is 1.80. The van der Waals surface area contributed by atoms with E-state index < -0.39 is 120 Å². The molecule has 21 nitrogen and oxygen atoms in total. The maximum atomic E-state index is 14.4. The molecule has 9 atom stereocenters. The van der Waals surface area contributed by atoms with Crippen molar-refractivity contribution in [2.75, 3.05) is 19.6 Å². The smallest absolute Gasteiger partial charge is 0.326 e. The van der Waals surface area contributed by atoms with Crippen molar-refractivity contribution < 1.29 is 53.1 Å². The minimum absolute atomic E-state index is 0.000546. The van der Waals surface area contributed by atoms with Gasteiger partial charge in [0.25, 0.3) is 0 Å². The van der Waals surface area contributed by atoms with Crippen molar-refractivity contribution in [1.29, 1.82) is 0 Å². The molecule has 3 aliphatic heterocycles. The van der Waals surface area contributed by atoms with E-state index in [2.05, 4.69) is 26.6 Å². The predicted molar refractivity (Wildman–Crippen MR) is 261 cm³/mol. The van der Waals surface area contributed by atoms with Gasteiger partial charge in [-0.05, 0) is 100 Å². The van der Waals surface area contributed by atoms with Crippen molar-refractivity contribution in [2.45, 2.75) is 201 Å². The van der Waals surface area contributed by atoms with Crippen LogP contribution < -0.4 is 38.1 Å². The van der Waals surface area contributed by atoms with Crippen LogP contribution in [0.2, 0.25) is 0 Å². The van der Waals surface area contributed by atoms with Crippen molar-refractivity contribution >= 4 is 59.1 Å². The molecule has 10 N–H and O–H groups in total. The lowest BCUT2D eigenvalue weighted by atomic mass is 9.98. The zero-order valence-electron chi connectivity index (χ0n) is 43.2. The molecule has 21 heteroatoms. The van der Waals surface area contributed by atoms with Gasteiger partial charge in [-0.2, -0.15) is 0 Å². The summed E-state index contributed by atoms with van der Waals surface area (Å²) in [7, 11) is 0. The molecule has 70 heavy (non-hydrogen) atoms. The third-order valence-corrected chi connectivity index (χ3v) is 12.9. The first kappa shape index (κ1) is 59.0. The van der Waals surface area contributed by atoms with Gasteiger partial charge >= 0.3 is 5.97 Å². The van der Waals surface area contributed by atoms with Crippen LogP contribution in [0.15, 0.2) is 0 Å². The lowest BCUT2D eigenvalue weighted by Crippen LogP contribution is -2.60. The Hall–Kier alpha value is -5.34. The van der Waals surface area contributed by atoms with Gasteiger partial charge in [0.1, 0.15) is 48.3 Å². The van der Waals surface area contributed by atoms with Crippen LogP contribution in [0.1, 0.15) is 146 Å². The van der Waals surface area contributed by atoms with Gasteiger partial charge in [-0.1, -0.05) is 69.2 Å². The second-order valence-corrected chi connectivity index (χ2v) is 21.6. The first-order valence-electron chi connectivity index (χ1n) is 25.4. The number of carbonyl (C=O) groups is 10. The molecule has 3 rings (SSSR count). The quantitative estimate of drug-likeness (QED) is 0.0600. The van der Waals surface area contributed by atoms with Gasteiger partial charge in [-0.3, -0.25) is 43.2 Å². The van der Waals surface area contributed by atoms with Crippen LogP contribution >= 0.6 is 0 Å². The fraction of sp³-hybridized carbons (Fsp3) is 0.796. The summed E-state index contributed by atoms with van der Waals surface area (Å²) in [4.78, 5) is 140. The van der Waals surface area contributed by atoms with E-state index in [1.54, 1.807) is 0 Å². The number of rotatable bonds is 26. The maximum Gasteiger partial charge on any atom is 0.326 e. The van der Waals surface area contributed by atoms with E-state index in [4.69, 9.17) is 11.5 Å². The van der Waals surface area contributed by atoms with Crippen molar-refractivity contribution in [2.24, 2.45) is 41.1 Å². The number of carbonyl (C=O) groups excluding carboxylic acids is 9. The van der Waals surface area contributed by atoms with E-state index in [-0.39, 0.29) is 87.7 Å². The van der Waals surface area contributed by atoms with Crippen LogP contribution in [-0.2, 0) is 47.9 Å². The molecule has 0 aromatic carbocycles. The second-order valence-electron chi connectivity index (χ2n) is 21.6. The zero-order chi connectivity index (χ0) is 52.7. The Bertz CT molecular complexity index is 1880. The maximum absolute atomic E-state index is 14.4. The van der Waals surface area contributed by atoms with E-state index in [1.165, 1.54) is 14.7 Å². The highest BCUT2D eigenvalue weighted by Crippen LogP contribution is 2.25. The molecule has 0 spiro atoms. The predicted octanol–water partition coefficient (Wildman–Crippen LogP) is 0.901. The monoisotopic (exact) mass is 989 g/mol. The molecule has 9 amide bonds. The van der Waals surface area contributed by atoms with Gasteiger partial charge in [-0.15, -0.1) is 0 Å².